The second-order valence-electron chi connectivity index (χ2n) is 9.89. The molecule has 1 saturated carbocycles. The maximum atomic E-state index is 13.4. The first kappa shape index (κ1) is 22.9. The van der Waals surface area contributed by atoms with Crippen LogP contribution in [0.5, 0.6) is 11.5 Å². The molecule has 0 radical (unpaired) electrons. The molecule has 0 bridgehead atoms. The summed E-state index contributed by atoms with van der Waals surface area (Å²) in [6.45, 7) is 5.04. The van der Waals surface area contributed by atoms with E-state index in [4.69, 9.17) is 9.47 Å². The average molecular weight is 478 g/mol. The molecule has 3 fully saturated rings. The van der Waals surface area contributed by atoms with E-state index >= 15 is 0 Å². The first-order chi connectivity index (χ1) is 16.0. The molecule has 0 unspecified atom stereocenters. The number of rotatable bonds is 6. The van der Waals surface area contributed by atoms with Crippen LogP contribution in [0.2, 0.25) is 0 Å². The maximum Gasteiger partial charge on any atom is 0.237 e. The summed E-state index contributed by atoms with van der Waals surface area (Å²) < 4.78 is 35.1. The second kappa shape index (κ2) is 9.80. The van der Waals surface area contributed by atoms with E-state index in [-0.39, 0.29) is 36.3 Å². The first-order valence-electron chi connectivity index (χ1n) is 12.3. The predicted octanol–water partition coefficient (Wildman–Crippen LogP) is 1.88. The van der Waals surface area contributed by atoms with Gasteiger partial charge in [0, 0.05) is 44.8 Å². The van der Waals surface area contributed by atoms with Crippen molar-refractivity contribution in [1.29, 1.82) is 0 Å². The minimum absolute atomic E-state index is 0.119. The molecule has 3 aliphatic heterocycles. The van der Waals surface area contributed by atoms with Gasteiger partial charge in [-0.1, -0.05) is 25.3 Å². The highest BCUT2D eigenvalue weighted by Crippen LogP contribution is 2.33. The predicted molar refractivity (Wildman–Crippen MR) is 125 cm³/mol. The summed E-state index contributed by atoms with van der Waals surface area (Å²) in [7, 11) is -3.02. The molecule has 5 rings (SSSR count). The fraction of sp³-hybridized carbons (Fsp3) is 0.708. The standard InChI is InChI=1S/C24H35N3O5S/c28-24(27(20-4-2-1-3-5-20)21-8-13-33(29,30)17-21)16-26-11-9-25(10-12-26)15-19-6-7-22-23(14-19)32-18-31-22/h6-7,14,20-21H,1-5,8-13,15-18H2/t21-/m1/s1. The Morgan fingerprint density at radius 3 is 2.39 bits per heavy atom. The molecule has 1 aliphatic carbocycles. The number of carbonyl (C=O) groups excluding carboxylic acids is 1. The zero-order valence-electron chi connectivity index (χ0n) is 19.3. The molecule has 2 saturated heterocycles. The van der Waals surface area contributed by atoms with Crippen LogP contribution in [0.4, 0.5) is 0 Å². The Kier molecular flexibility index (Phi) is 6.81. The number of benzene rings is 1. The van der Waals surface area contributed by atoms with Crippen molar-refractivity contribution in [3.8, 4) is 11.5 Å². The third-order valence-electron chi connectivity index (χ3n) is 7.52. The van der Waals surface area contributed by atoms with Crippen molar-refractivity contribution < 1.29 is 22.7 Å². The van der Waals surface area contributed by atoms with Crippen LogP contribution in [0.3, 0.4) is 0 Å². The minimum atomic E-state index is -3.02. The number of nitrogens with zero attached hydrogens (tertiary/aromatic N) is 3. The summed E-state index contributed by atoms with van der Waals surface area (Å²) in [5.74, 6) is 2.09. The Morgan fingerprint density at radius 2 is 1.67 bits per heavy atom. The molecule has 0 aromatic heterocycles. The summed E-state index contributed by atoms with van der Waals surface area (Å²) in [6, 6.07) is 6.17. The lowest BCUT2D eigenvalue weighted by molar-refractivity contribution is -0.138. The van der Waals surface area contributed by atoms with Gasteiger partial charge in [-0.15, -0.1) is 0 Å². The number of amides is 1. The molecule has 1 atom stereocenters. The third kappa shape index (κ3) is 5.46. The highest BCUT2D eigenvalue weighted by atomic mass is 32.2. The molecule has 0 spiro atoms. The van der Waals surface area contributed by atoms with Gasteiger partial charge in [0.15, 0.2) is 21.3 Å². The number of piperazine rings is 1. The lowest BCUT2D eigenvalue weighted by atomic mass is 9.92. The number of hydrogen-bond acceptors (Lipinski definition) is 7. The highest BCUT2D eigenvalue weighted by molar-refractivity contribution is 7.91. The normalized spacial score (nSPS) is 25.9. The Bertz CT molecular complexity index is 955. The van der Waals surface area contributed by atoms with E-state index in [1.54, 1.807) is 0 Å². The fourth-order valence-corrected chi connectivity index (χ4v) is 7.45. The van der Waals surface area contributed by atoms with Crippen LogP contribution in [0.1, 0.15) is 44.1 Å². The quantitative estimate of drug-likeness (QED) is 0.619. The van der Waals surface area contributed by atoms with Crippen LogP contribution in [0, 0.1) is 0 Å². The van der Waals surface area contributed by atoms with Crippen LogP contribution < -0.4 is 9.47 Å². The van der Waals surface area contributed by atoms with Crippen molar-refractivity contribution in [3.05, 3.63) is 23.8 Å². The molecule has 8 nitrogen and oxygen atoms in total. The molecular weight excluding hydrogens is 442 g/mol. The number of sulfone groups is 1. The van der Waals surface area contributed by atoms with Crippen molar-refractivity contribution in [1.82, 2.24) is 14.7 Å². The van der Waals surface area contributed by atoms with Crippen molar-refractivity contribution >= 4 is 15.7 Å². The monoisotopic (exact) mass is 477 g/mol. The molecule has 3 heterocycles. The Morgan fingerprint density at radius 1 is 0.939 bits per heavy atom. The number of ether oxygens (including phenoxy) is 2. The molecule has 1 aromatic carbocycles. The molecule has 182 valence electrons. The number of carbonyl (C=O) groups is 1. The summed E-state index contributed by atoms with van der Waals surface area (Å²) in [5.41, 5.74) is 1.20. The van der Waals surface area contributed by atoms with E-state index in [1.165, 1.54) is 12.0 Å². The zero-order chi connectivity index (χ0) is 22.8. The molecule has 1 aromatic rings. The molecule has 9 heteroatoms. The van der Waals surface area contributed by atoms with Crippen molar-refractivity contribution in [2.45, 2.75) is 57.2 Å². The van der Waals surface area contributed by atoms with Gasteiger partial charge in [0.25, 0.3) is 0 Å². The maximum absolute atomic E-state index is 13.4. The summed E-state index contributed by atoms with van der Waals surface area (Å²) in [6.07, 6.45) is 6.08. The van der Waals surface area contributed by atoms with Gasteiger partial charge in [-0.2, -0.15) is 0 Å². The van der Waals surface area contributed by atoms with E-state index in [1.807, 2.05) is 11.0 Å². The van der Waals surface area contributed by atoms with Crippen molar-refractivity contribution in [2.24, 2.45) is 0 Å². The largest absolute Gasteiger partial charge is 0.454 e. The zero-order valence-corrected chi connectivity index (χ0v) is 20.1. The van der Waals surface area contributed by atoms with Gasteiger partial charge < -0.3 is 14.4 Å². The second-order valence-corrected chi connectivity index (χ2v) is 12.1. The Balaban J connectivity index is 1.16. The van der Waals surface area contributed by atoms with E-state index in [0.29, 0.717) is 13.0 Å². The van der Waals surface area contributed by atoms with Gasteiger partial charge in [0.05, 0.1) is 18.1 Å². The lowest BCUT2D eigenvalue weighted by Gasteiger charge is -2.40. The summed E-state index contributed by atoms with van der Waals surface area (Å²) >= 11 is 0. The van der Waals surface area contributed by atoms with E-state index in [9.17, 15) is 13.2 Å². The van der Waals surface area contributed by atoms with Crippen LogP contribution in [0.15, 0.2) is 18.2 Å². The fourth-order valence-electron chi connectivity index (χ4n) is 5.74. The van der Waals surface area contributed by atoms with Gasteiger partial charge in [-0.3, -0.25) is 14.6 Å². The van der Waals surface area contributed by atoms with Crippen molar-refractivity contribution in [2.75, 3.05) is 51.0 Å². The minimum Gasteiger partial charge on any atom is -0.454 e. The number of hydrogen-bond donors (Lipinski definition) is 0. The Hall–Kier alpha value is -1.84. The average Bonchev–Trinajstić information content (AvgIpc) is 3.41. The SMILES string of the molecule is O=C(CN1CCN(Cc2ccc3c(c2)OCO3)CC1)N(C1CCCCC1)[C@@H]1CCS(=O)(=O)C1. The van der Waals surface area contributed by atoms with Gasteiger partial charge in [0.1, 0.15) is 0 Å². The van der Waals surface area contributed by atoms with Gasteiger partial charge in [-0.25, -0.2) is 8.42 Å². The molecule has 1 amide bonds. The smallest absolute Gasteiger partial charge is 0.237 e. The molecule has 33 heavy (non-hydrogen) atoms. The van der Waals surface area contributed by atoms with Crippen LogP contribution >= 0.6 is 0 Å². The van der Waals surface area contributed by atoms with Gasteiger partial charge in [0.2, 0.25) is 12.7 Å². The topological polar surface area (TPSA) is 79.4 Å². The van der Waals surface area contributed by atoms with Crippen LogP contribution in [-0.2, 0) is 21.2 Å². The summed E-state index contributed by atoms with van der Waals surface area (Å²) in [4.78, 5) is 20.1. The van der Waals surface area contributed by atoms with Crippen LogP contribution in [0.25, 0.3) is 0 Å². The molecular formula is C24H35N3O5S. The van der Waals surface area contributed by atoms with Gasteiger partial charge in [-0.05, 0) is 37.0 Å². The van der Waals surface area contributed by atoms with E-state index < -0.39 is 9.84 Å². The first-order valence-corrected chi connectivity index (χ1v) is 14.1. The Labute approximate surface area is 196 Å². The third-order valence-corrected chi connectivity index (χ3v) is 9.28. The van der Waals surface area contributed by atoms with E-state index in [0.717, 1.165) is 69.9 Å². The van der Waals surface area contributed by atoms with Gasteiger partial charge >= 0.3 is 0 Å². The molecule has 4 aliphatic rings. The summed E-state index contributed by atoms with van der Waals surface area (Å²) in [5, 5.41) is 0. The van der Waals surface area contributed by atoms with Crippen molar-refractivity contribution in [3.63, 3.8) is 0 Å². The number of fused-ring (bicyclic) bond motifs is 1. The molecule has 0 N–H and O–H groups in total. The highest BCUT2D eigenvalue weighted by Gasteiger charge is 2.39. The van der Waals surface area contributed by atoms with E-state index in [2.05, 4.69) is 21.9 Å². The van der Waals surface area contributed by atoms with Crippen LogP contribution in [-0.4, -0.2) is 92.1 Å². The lowest BCUT2D eigenvalue weighted by Crippen LogP contribution is -2.54.